The van der Waals surface area contributed by atoms with E-state index < -0.39 is 11.9 Å². The van der Waals surface area contributed by atoms with E-state index in [9.17, 15) is 19.8 Å². The molecule has 0 bridgehead atoms. The van der Waals surface area contributed by atoms with Gasteiger partial charge in [0.15, 0.2) is 5.12 Å². The third-order valence-electron chi connectivity index (χ3n) is 3.52. The lowest BCUT2D eigenvalue weighted by molar-refractivity contribution is -0.141. The lowest BCUT2D eigenvalue weighted by Gasteiger charge is -2.19. The molecule has 0 radical (unpaired) electrons. The molecular weight excluding hydrogens is 264 g/mol. The minimum absolute atomic E-state index is 0.0600. The highest BCUT2D eigenvalue weighted by Gasteiger charge is 2.34. The summed E-state index contributed by atoms with van der Waals surface area (Å²) in [5, 5.41) is 18.7. The molecule has 2 rings (SSSR count). The van der Waals surface area contributed by atoms with Crippen LogP contribution in [0.15, 0.2) is 18.2 Å². The molecule has 0 aromatic heterocycles. The third-order valence-corrected chi connectivity index (χ3v) is 4.45. The molecule has 19 heavy (non-hydrogen) atoms. The molecule has 1 aliphatic rings. The highest BCUT2D eigenvalue weighted by Crippen LogP contribution is 2.40. The van der Waals surface area contributed by atoms with Gasteiger partial charge in [-0.15, -0.1) is 0 Å². The number of phenols is 1. The van der Waals surface area contributed by atoms with E-state index in [1.165, 1.54) is 6.92 Å². The van der Waals surface area contributed by atoms with E-state index >= 15 is 0 Å². The molecule has 1 aromatic rings. The Morgan fingerprint density at radius 2 is 2.21 bits per heavy atom. The molecule has 2 unspecified atom stereocenters. The van der Waals surface area contributed by atoms with Gasteiger partial charge >= 0.3 is 5.97 Å². The largest absolute Gasteiger partial charge is 0.508 e. The smallest absolute Gasteiger partial charge is 0.307 e. The van der Waals surface area contributed by atoms with Crippen molar-refractivity contribution < 1.29 is 19.8 Å². The molecule has 2 N–H and O–H groups in total. The second-order valence-corrected chi connectivity index (χ2v) is 5.97. The number of fused-ring (bicyclic) bond motifs is 1. The number of hydrogen-bond acceptors (Lipinski definition) is 4. The Morgan fingerprint density at radius 1 is 1.47 bits per heavy atom. The second-order valence-electron chi connectivity index (χ2n) is 4.78. The van der Waals surface area contributed by atoms with Crippen LogP contribution in [-0.2, 0) is 16.0 Å². The zero-order valence-corrected chi connectivity index (χ0v) is 11.4. The maximum atomic E-state index is 11.4. The summed E-state index contributed by atoms with van der Waals surface area (Å²) in [6.45, 7) is 1.45. The fourth-order valence-corrected chi connectivity index (χ4v) is 3.41. The Labute approximate surface area is 115 Å². The lowest BCUT2D eigenvalue weighted by Crippen LogP contribution is -2.23. The van der Waals surface area contributed by atoms with Gasteiger partial charge in [0.2, 0.25) is 0 Å². The number of carbonyl (C=O) groups excluding carboxylic acids is 1. The van der Waals surface area contributed by atoms with Crippen LogP contribution in [0, 0.1) is 5.92 Å². The average molecular weight is 280 g/mol. The molecule has 5 heteroatoms. The van der Waals surface area contributed by atoms with Crippen molar-refractivity contribution in [2.45, 2.75) is 25.7 Å². The average Bonchev–Trinajstić information content (AvgIpc) is 2.71. The van der Waals surface area contributed by atoms with E-state index in [1.54, 1.807) is 18.2 Å². The van der Waals surface area contributed by atoms with Gasteiger partial charge in [-0.05, 0) is 42.0 Å². The summed E-state index contributed by atoms with van der Waals surface area (Å²) < 4.78 is 0. The first-order valence-electron chi connectivity index (χ1n) is 6.17. The summed E-state index contributed by atoms with van der Waals surface area (Å²) in [4.78, 5) is 22.4. The van der Waals surface area contributed by atoms with Crippen molar-refractivity contribution in [2.24, 2.45) is 5.92 Å². The number of aryl methyl sites for hydroxylation is 1. The topological polar surface area (TPSA) is 74.6 Å². The summed E-state index contributed by atoms with van der Waals surface area (Å²) in [6.07, 6.45) is 1.54. The molecule has 2 atom stereocenters. The summed E-state index contributed by atoms with van der Waals surface area (Å²) in [5.74, 6) is -0.973. The summed E-state index contributed by atoms with van der Waals surface area (Å²) in [7, 11) is 0. The van der Waals surface area contributed by atoms with Gasteiger partial charge in [-0.3, -0.25) is 9.59 Å². The van der Waals surface area contributed by atoms with Gasteiger partial charge in [-0.2, -0.15) is 0 Å². The Hall–Kier alpha value is -1.49. The molecule has 1 aromatic carbocycles. The Balaban J connectivity index is 2.21. The third kappa shape index (κ3) is 3.10. The molecule has 102 valence electrons. The fourth-order valence-electron chi connectivity index (χ4n) is 2.62. The molecule has 0 amide bonds. The van der Waals surface area contributed by atoms with Crippen molar-refractivity contribution >= 4 is 22.8 Å². The van der Waals surface area contributed by atoms with Gasteiger partial charge in [0.1, 0.15) is 5.75 Å². The van der Waals surface area contributed by atoms with E-state index in [0.717, 1.165) is 35.7 Å². The van der Waals surface area contributed by atoms with Gasteiger partial charge in [0, 0.05) is 12.7 Å². The molecule has 4 nitrogen and oxygen atoms in total. The van der Waals surface area contributed by atoms with Gasteiger partial charge < -0.3 is 10.2 Å². The molecule has 0 heterocycles. The van der Waals surface area contributed by atoms with Crippen LogP contribution in [0.5, 0.6) is 5.75 Å². The summed E-state index contributed by atoms with van der Waals surface area (Å²) >= 11 is 1.06. The van der Waals surface area contributed by atoms with Crippen molar-refractivity contribution in [1.29, 1.82) is 0 Å². The SMILES string of the molecule is CC(=O)SCC(C(=O)O)C1CCc2cc(O)ccc21. The maximum absolute atomic E-state index is 11.4. The van der Waals surface area contributed by atoms with E-state index in [4.69, 9.17) is 0 Å². The number of hydrogen-bond donors (Lipinski definition) is 2. The molecule has 0 saturated carbocycles. The van der Waals surface area contributed by atoms with Crippen LogP contribution < -0.4 is 0 Å². The van der Waals surface area contributed by atoms with E-state index in [0.29, 0.717) is 5.75 Å². The van der Waals surface area contributed by atoms with Crippen LogP contribution in [0.4, 0.5) is 0 Å². The quantitative estimate of drug-likeness (QED) is 0.886. The number of rotatable bonds is 4. The molecule has 0 saturated heterocycles. The molecular formula is C14H16O4S. The molecule has 0 aliphatic heterocycles. The first-order chi connectivity index (χ1) is 8.99. The van der Waals surface area contributed by atoms with Crippen molar-refractivity contribution in [1.82, 2.24) is 0 Å². The number of thioether (sulfide) groups is 1. The second kappa shape index (κ2) is 5.65. The van der Waals surface area contributed by atoms with Crippen molar-refractivity contribution in [2.75, 3.05) is 5.75 Å². The standard InChI is InChI=1S/C14H16O4S/c1-8(15)19-7-13(14(17)18)12-4-2-9-6-10(16)3-5-11(9)12/h3,5-6,12-13,16H,2,4,7H2,1H3,(H,17,18). The van der Waals surface area contributed by atoms with Gasteiger partial charge in [-0.25, -0.2) is 0 Å². The molecule has 0 fully saturated rings. The Bertz CT molecular complexity index is 512. The predicted octanol–water partition coefficient (Wildman–Crippen LogP) is 2.40. The van der Waals surface area contributed by atoms with Crippen LogP contribution in [-0.4, -0.2) is 27.1 Å². The first kappa shape index (κ1) is 13.9. The number of aromatic hydroxyl groups is 1. The highest BCUT2D eigenvalue weighted by molar-refractivity contribution is 8.13. The van der Waals surface area contributed by atoms with Crippen molar-refractivity contribution in [3.05, 3.63) is 29.3 Å². The van der Waals surface area contributed by atoms with E-state index in [2.05, 4.69) is 0 Å². The predicted molar refractivity (Wildman–Crippen MR) is 73.4 cm³/mol. The summed E-state index contributed by atoms with van der Waals surface area (Å²) in [5.41, 5.74) is 2.01. The van der Waals surface area contributed by atoms with Crippen LogP contribution >= 0.6 is 11.8 Å². The molecule has 1 aliphatic carbocycles. The normalized spacial score (nSPS) is 18.9. The zero-order valence-electron chi connectivity index (χ0n) is 10.6. The summed E-state index contributed by atoms with van der Waals surface area (Å²) in [6, 6.07) is 5.09. The van der Waals surface area contributed by atoms with Gasteiger partial charge in [0.05, 0.1) is 5.92 Å². The number of carbonyl (C=O) groups is 2. The van der Waals surface area contributed by atoms with Crippen LogP contribution in [0.1, 0.15) is 30.4 Å². The zero-order chi connectivity index (χ0) is 14.0. The number of carboxylic acid groups (broad SMARTS) is 1. The van der Waals surface area contributed by atoms with Crippen LogP contribution in [0.25, 0.3) is 0 Å². The molecule has 0 spiro atoms. The van der Waals surface area contributed by atoms with Crippen molar-refractivity contribution in [3.8, 4) is 5.75 Å². The Morgan fingerprint density at radius 3 is 2.84 bits per heavy atom. The number of aliphatic carboxylic acids is 1. The van der Waals surface area contributed by atoms with Crippen LogP contribution in [0.2, 0.25) is 0 Å². The van der Waals surface area contributed by atoms with Gasteiger partial charge in [-0.1, -0.05) is 17.8 Å². The first-order valence-corrected chi connectivity index (χ1v) is 7.15. The number of benzene rings is 1. The van der Waals surface area contributed by atoms with E-state index in [-0.39, 0.29) is 16.8 Å². The fraction of sp³-hybridized carbons (Fsp3) is 0.429. The number of phenolic OH excluding ortho intramolecular Hbond substituents is 1. The highest BCUT2D eigenvalue weighted by atomic mass is 32.2. The minimum Gasteiger partial charge on any atom is -0.508 e. The van der Waals surface area contributed by atoms with E-state index in [1.807, 2.05) is 0 Å². The monoisotopic (exact) mass is 280 g/mol. The number of carboxylic acids is 1. The maximum Gasteiger partial charge on any atom is 0.307 e. The van der Waals surface area contributed by atoms with Gasteiger partial charge in [0.25, 0.3) is 0 Å². The lowest BCUT2D eigenvalue weighted by atomic mass is 9.88. The Kier molecular flexibility index (Phi) is 4.14. The van der Waals surface area contributed by atoms with Crippen LogP contribution in [0.3, 0.4) is 0 Å². The van der Waals surface area contributed by atoms with Crippen molar-refractivity contribution in [3.63, 3.8) is 0 Å². The minimum atomic E-state index is -0.861.